The first kappa shape index (κ1) is 19.6. The predicted octanol–water partition coefficient (Wildman–Crippen LogP) is 2.66. The summed E-state index contributed by atoms with van der Waals surface area (Å²) in [6.07, 6.45) is 1.41. The Morgan fingerprint density at radius 3 is 2.20 bits per heavy atom. The van der Waals surface area contributed by atoms with Crippen molar-refractivity contribution in [2.45, 2.75) is 59.0 Å². The lowest BCUT2D eigenvalue weighted by atomic mass is 9.85. The van der Waals surface area contributed by atoms with Gasteiger partial charge in [0.25, 0.3) is 0 Å². The van der Waals surface area contributed by atoms with Crippen LogP contribution in [-0.4, -0.2) is 47.8 Å². The molecule has 1 fully saturated rings. The van der Waals surface area contributed by atoms with E-state index in [2.05, 4.69) is 29.4 Å². The lowest BCUT2D eigenvalue weighted by Gasteiger charge is -2.42. The van der Waals surface area contributed by atoms with Crippen LogP contribution >= 0.6 is 0 Å². The van der Waals surface area contributed by atoms with Gasteiger partial charge in [-0.15, -0.1) is 0 Å². The van der Waals surface area contributed by atoms with E-state index in [-0.39, 0.29) is 18.2 Å². The van der Waals surface area contributed by atoms with Gasteiger partial charge < -0.3 is 10.2 Å². The molecule has 5 heteroatoms. The largest absolute Gasteiger partial charge is 0.324 e. The van der Waals surface area contributed by atoms with Crippen molar-refractivity contribution in [2.75, 3.05) is 25.0 Å². The Labute approximate surface area is 151 Å². The number of hydrogen-bond donors (Lipinski definition) is 2. The Hall–Kier alpha value is -1.72. The van der Waals surface area contributed by atoms with Crippen LogP contribution in [0.25, 0.3) is 0 Å². The molecule has 1 aliphatic rings. The van der Waals surface area contributed by atoms with Crippen LogP contribution < -0.4 is 10.6 Å². The quantitative estimate of drug-likeness (QED) is 0.832. The number of hydrogen-bond acceptors (Lipinski definition) is 4. The topological polar surface area (TPSA) is 61.4 Å². The van der Waals surface area contributed by atoms with E-state index in [1.807, 2.05) is 32.0 Å². The first-order valence-electron chi connectivity index (χ1n) is 9.11. The monoisotopic (exact) mass is 345 g/mol. The van der Waals surface area contributed by atoms with Crippen molar-refractivity contribution in [3.63, 3.8) is 0 Å². The third-order valence-corrected chi connectivity index (χ3v) is 5.21. The number of benzene rings is 1. The number of anilines is 1. The second-order valence-corrected chi connectivity index (χ2v) is 7.49. The lowest BCUT2D eigenvalue weighted by molar-refractivity contribution is -0.125. The normalized spacial score (nSPS) is 17.5. The maximum absolute atomic E-state index is 13.2. The third kappa shape index (κ3) is 4.67. The molecule has 0 atom stereocenters. The molecule has 2 rings (SSSR count). The van der Waals surface area contributed by atoms with E-state index in [9.17, 15) is 9.59 Å². The maximum atomic E-state index is 13.2. The zero-order chi connectivity index (χ0) is 18.6. The molecular weight excluding hydrogens is 314 g/mol. The summed E-state index contributed by atoms with van der Waals surface area (Å²) in [4.78, 5) is 27.0. The molecule has 1 aromatic rings. The Morgan fingerprint density at radius 1 is 1.16 bits per heavy atom. The highest BCUT2D eigenvalue weighted by molar-refractivity contribution is 5.99. The van der Waals surface area contributed by atoms with Gasteiger partial charge in [-0.2, -0.15) is 0 Å². The van der Waals surface area contributed by atoms with Crippen LogP contribution in [0.2, 0.25) is 0 Å². The van der Waals surface area contributed by atoms with E-state index in [1.165, 1.54) is 0 Å². The third-order valence-electron chi connectivity index (χ3n) is 5.21. The minimum absolute atomic E-state index is 0.0328. The van der Waals surface area contributed by atoms with Gasteiger partial charge in [-0.3, -0.25) is 14.9 Å². The van der Waals surface area contributed by atoms with E-state index in [0.29, 0.717) is 18.9 Å². The summed E-state index contributed by atoms with van der Waals surface area (Å²) in [5.74, 6) is 0.0140. The number of para-hydroxylation sites is 1. The molecule has 1 aromatic carbocycles. The van der Waals surface area contributed by atoms with Crippen LogP contribution in [-0.2, 0) is 9.59 Å². The zero-order valence-corrected chi connectivity index (χ0v) is 16.1. The molecule has 1 heterocycles. The first-order chi connectivity index (χ1) is 11.7. The Balaban J connectivity index is 2.20. The van der Waals surface area contributed by atoms with E-state index in [4.69, 9.17) is 0 Å². The van der Waals surface area contributed by atoms with E-state index in [1.54, 1.807) is 6.92 Å². The Morgan fingerprint density at radius 2 is 1.72 bits per heavy atom. The number of aryl methyl sites for hydroxylation is 2. The van der Waals surface area contributed by atoms with Crippen LogP contribution in [0.4, 0.5) is 5.69 Å². The van der Waals surface area contributed by atoms with Crippen molar-refractivity contribution in [3.8, 4) is 0 Å². The lowest BCUT2D eigenvalue weighted by Crippen LogP contribution is -2.61. The van der Waals surface area contributed by atoms with Crippen molar-refractivity contribution in [1.29, 1.82) is 0 Å². The van der Waals surface area contributed by atoms with E-state index in [0.717, 1.165) is 29.9 Å². The number of nitrogens with zero attached hydrogens (tertiary/aromatic N) is 1. The number of nitrogens with one attached hydrogen (secondary N) is 2. The highest BCUT2D eigenvalue weighted by Crippen LogP contribution is 2.27. The van der Waals surface area contributed by atoms with Gasteiger partial charge in [-0.05, 0) is 58.6 Å². The molecule has 0 spiro atoms. The Kier molecular flexibility index (Phi) is 6.36. The number of Topliss-reactive ketones (excluding diaryl/α,β-unsaturated/α-hetero) is 1. The minimum atomic E-state index is -0.689. The SMILES string of the molecule is CC(=O)CNC1(C(=O)Nc2c(C)cccc2C)CCN(C(C)C)CC1. The van der Waals surface area contributed by atoms with Crippen molar-refractivity contribution in [1.82, 2.24) is 10.2 Å². The number of carbonyl (C=O) groups is 2. The van der Waals surface area contributed by atoms with E-state index < -0.39 is 5.54 Å². The number of rotatable bonds is 6. The van der Waals surface area contributed by atoms with Gasteiger partial charge in [0.05, 0.1) is 6.54 Å². The van der Waals surface area contributed by atoms with Crippen molar-refractivity contribution >= 4 is 17.4 Å². The minimum Gasteiger partial charge on any atom is -0.324 e. The van der Waals surface area contributed by atoms with Crippen LogP contribution in [0.15, 0.2) is 18.2 Å². The van der Waals surface area contributed by atoms with Crippen molar-refractivity contribution in [3.05, 3.63) is 29.3 Å². The molecule has 2 N–H and O–H groups in total. The highest BCUT2D eigenvalue weighted by Gasteiger charge is 2.41. The van der Waals surface area contributed by atoms with Gasteiger partial charge in [0.1, 0.15) is 11.3 Å². The average molecular weight is 345 g/mol. The summed E-state index contributed by atoms with van der Waals surface area (Å²) in [7, 11) is 0. The van der Waals surface area contributed by atoms with E-state index >= 15 is 0 Å². The average Bonchev–Trinajstić information content (AvgIpc) is 2.56. The molecule has 0 radical (unpaired) electrons. The number of likely N-dealkylation sites (tertiary alicyclic amines) is 1. The number of carbonyl (C=O) groups excluding carboxylic acids is 2. The summed E-state index contributed by atoms with van der Waals surface area (Å²) in [5.41, 5.74) is 2.29. The first-order valence-corrected chi connectivity index (χ1v) is 9.11. The molecule has 0 aromatic heterocycles. The number of amides is 1. The molecule has 1 saturated heterocycles. The molecule has 0 unspecified atom stereocenters. The van der Waals surface area contributed by atoms with Crippen molar-refractivity contribution < 1.29 is 9.59 Å². The molecular formula is C20H31N3O2. The maximum Gasteiger partial charge on any atom is 0.244 e. The molecule has 5 nitrogen and oxygen atoms in total. The highest BCUT2D eigenvalue weighted by atomic mass is 16.2. The summed E-state index contributed by atoms with van der Waals surface area (Å²) in [6.45, 7) is 11.8. The standard InChI is InChI=1S/C20H31N3O2/c1-14(2)23-11-9-20(10-12-23,21-13-17(5)24)19(25)22-18-15(3)7-6-8-16(18)4/h6-8,14,21H,9-13H2,1-5H3,(H,22,25). The van der Waals surface area contributed by atoms with Crippen molar-refractivity contribution in [2.24, 2.45) is 0 Å². The molecule has 1 amide bonds. The Bertz CT molecular complexity index is 612. The second kappa shape index (κ2) is 8.11. The van der Waals surface area contributed by atoms with Gasteiger partial charge in [0.15, 0.2) is 0 Å². The summed E-state index contributed by atoms with van der Waals surface area (Å²) >= 11 is 0. The van der Waals surface area contributed by atoms with Gasteiger partial charge in [0.2, 0.25) is 5.91 Å². The summed E-state index contributed by atoms with van der Waals surface area (Å²) in [6, 6.07) is 6.46. The van der Waals surface area contributed by atoms with Crippen LogP contribution in [0, 0.1) is 13.8 Å². The fourth-order valence-electron chi connectivity index (χ4n) is 3.44. The van der Waals surface area contributed by atoms with Crippen LogP contribution in [0.1, 0.15) is 44.7 Å². The fraction of sp³-hybridized carbons (Fsp3) is 0.600. The molecule has 0 bridgehead atoms. The number of piperidine rings is 1. The second-order valence-electron chi connectivity index (χ2n) is 7.49. The zero-order valence-electron chi connectivity index (χ0n) is 16.1. The fourth-order valence-corrected chi connectivity index (χ4v) is 3.44. The van der Waals surface area contributed by atoms with Gasteiger partial charge >= 0.3 is 0 Å². The van der Waals surface area contributed by atoms with Crippen LogP contribution in [0.3, 0.4) is 0 Å². The molecule has 0 saturated carbocycles. The van der Waals surface area contributed by atoms with Gasteiger partial charge in [0, 0.05) is 24.8 Å². The number of ketones is 1. The van der Waals surface area contributed by atoms with Crippen LogP contribution in [0.5, 0.6) is 0 Å². The summed E-state index contributed by atoms with van der Waals surface area (Å²) in [5, 5.41) is 6.39. The molecule has 1 aliphatic heterocycles. The molecule has 138 valence electrons. The molecule has 0 aliphatic carbocycles. The smallest absolute Gasteiger partial charge is 0.244 e. The van der Waals surface area contributed by atoms with Gasteiger partial charge in [-0.1, -0.05) is 18.2 Å². The molecule has 25 heavy (non-hydrogen) atoms. The van der Waals surface area contributed by atoms with Gasteiger partial charge in [-0.25, -0.2) is 0 Å². The summed E-state index contributed by atoms with van der Waals surface area (Å²) < 4.78 is 0. The predicted molar refractivity (Wildman–Crippen MR) is 102 cm³/mol.